The zero-order valence-corrected chi connectivity index (χ0v) is 10.3. The predicted molar refractivity (Wildman–Crippen MR) is 69.4 cm³/mol. The maximum atomic E-state index is 11.9. The molecule has 1 N–H and O–H groups in total. The molecule has 0 saturated heterocycles. The van der Waals surface area contributed by atoms with Gasteiger partial charge in [0.2, 0.25) is 0 Å². The van der Waals surface area contributed by atoms with Gasteiger partial charge in [-0.15, -0.1) is 0 Å². The molecular weight excluding hydrogens is 210 g/mol. The Morgan fingerprint density at radius 2 is 2.12 bits per heavy atom. The van der Waals surface area contributed by atoms with Crippen LogP contribution in [0.1, 0.15) is 31.7 Å². The number of carbonyl (C=O) groups is 1. The summed E-state index contributed by atoms with van der Waals surface area (Å²) in [6.07, 6.45) is 5.00. The first-order chi connectivity index (χ1) is 8.27. The summed E-state index contributed by atoms with van der Waals surface area (Å²) in [6.45, 7) is 2.80. The van der Waals surface area contributed by atoms with E-state index in [-0.39, 0.29) is 5.92 Å². The van der Waals surface area contributed by atoms with E-state index in [0.29, 0.717) is 5.78 Å². The Kier molecular flexibility index (Phi) is 3.97. The van der Waals surface area contributed by atoms with Crippen molar-refractivity contribution in [3.05, 3.63) is 47.7 Å². The second-order valence-electron chi connectivity index (χ2n) is 4.69. The molecule has 2 rings (SSSR count). The summed E-state index contributed by atoms with van der Waals surface area (Å²) in [6, 6.07) is 10.2. The van der Waals surface area contributed by atoms with Gasteiger partial charge in [0.1, 0.15) is 0 Å². The highest BCUT2D eigenvalue weighted by Crippen LogP contribution is 2.24. The van der Waals surface area contributed by atoms with Gasteiger partial charge in [0.25, 0.3) is 0 Å². The molecule has 0 heterocycles. The molecule has 1 aromatic carbocycles. The average molecular weight is 229 g/mol. The minimum absolute atomic E-state index is 0.202. The van der Waals surface area contributed by atoms with Crippen LogP contribution < -0.4 is 5.32 Å². The summed E-state index contributed by atoms with van der Waals surface area (Å²) in [4.78, 5) is 11.9. The molecule has 2 heteroatoms. The lowest BCUT2D eigenvalue weighted by Gasteiger charge is -2.19. The van der Waals surface area contributed by atoms with Gasteiger partial charge in [-0.2, -0.15) is 0 Å². The summed E-state index contributed by atoms with van der Waals surface area (Å²) >= 11 is 0. The second kappa shape index (κ2) is 5.67. The van der Waals surface area contributed by atoms with E-state index in [1.807, 2.05) is 31.3 Å². The first-order valence-electron chi connectivity index (χ1n) is 6.28. The van der Waals surface area contributed by atoms with Crippen molar-refractivity contribution in [1.29, 1.82) is 0 Å². The molecule has 90 valence electrons. The van der Waals surface area contributed by atoms with E-state index in [4.69, 9.17) is 0 Å². The number of ketones is 1. The number of rotatable bonds is 3. The van der Waals surface area contributed by atoms with Crippen molar-refractivity contribution in [2.75, 3.05) is 0 Å². The molecule has 17 heavy (non-hydrogen) atoms. The third kappa shape index (κ3) is 3.19. The highest BCUT2D eigenvalue weighted by Gasteiger charge is 2.21. The molecule has 1 aliphatic carbocycles. The van der Waals surface area contributed by atoms with Crippen molar-refractivity contribution in [3.63, 3.8) is 0 Å². The van der Waals surface area contributed by atoms with E-state index in [1.165, 1.54) is 5.56 Å². The van der Waals surface area contributed by atoms with E-state index < -0.39 is 0 Å². The molecule has 0 bridgehead atoms. The Morgan fingerprint density at radius 1 is 1.35 bits per heavy atom. The number of Topliss-reactive ketones (excluding diaryl/α,β-unsaturated/α-hetero) is 1. The third-order valence-corrected chi connectivity index (χ3v) is 3.27. The molecule has 0 radical (unpaired) electrons. The number of hydrogen-bond donors (Lipinski definition) is 1. The van der Waals surface area contributed by atoms with Crippen LogP contribution in [-0.4, -0.2) is 5.78 Å². The van der Waals surface area contributed by atoms with Crippen LogP contribution in [0, 0.1) is 5.92 Å². The Bertz CT molecular complexity index is 408. The fourth-order valence-corrected chi connectivity index (χ4v) is 2.20. The lowest BCUT2D eigenvalue weighted by Crippen LogP contribution is -2.20. The summed E-state index contributed by atoms with van der Waals surface area (Å²) in [5.41, 5.74) is 2.19. The van der Waals surface area contributed by atoms with Crippen molar-refractivity contribution >= 4 is 5.78 Å². The number of hydrogen-bond acceptors (Lipinski definition) is 2. The maximum absolute atomic E-state index is 11.9. The normalized spacial score (nSPS) is 22.8. The fourth-order valence-electron chi connectivity index (χ4n) is 2.20. The maximum Gasteiger partial charge on any atom is 0.163 e. The molecule has 2 nitrogen and oxygen atoms in total. The van der Waals surface area contributed by atoms with Gasteiger partial charge >= 0.3 is 0 Å². The molecule has 1 saturated carbocycles. The zero-order valence-electron chi connectivity index (χ0n) is 10.3. The Labute approximate surface area is 103 Å². The number of allylic oxidation sites excluding steroid dienone is 1. The van der Waals surface area contributed by atoms with Gasteiger partial charge in [-0.25, -0.2) is 0 Å². The van der Waals surface area contributed by atoms with E-state index in [2.05, 4.69) is 17.4 Å². The largest absolute Gasteiger partial charge is 0.386 e. The molecule has 0 spiro atoms. The smallest absolute Gasteiger partial charge is 0.163 e. The van der Waals surface area contributed by atoms with Gasteiger partial charge in [0.15, 0.2) is 5.78 Å². The minimum Gasteiger partial charge on any atom is -0.386 e. The number of benzene rings is 1. The second-order valence-corrected chi connectivity index (χ2v) is 4.69. The van der Waals surface area contributed by atoms with Crippen LogP contribution in [0.15, 0.2) is 42.1 Å². The van der Waals surface area contributed by atoms with Crippen LogP contribution in [0.2, 0.25) is 0 Å². The predicted octanol–water partition coefficient (Wildman–Crippen LogP) is 3.05. The van der Waals surface area contributed by atoms with Crippen LogP contribution in [0.4, 0.5) is 0 Å². The number of carbonyl (C=O) groups excluding carboxylic acids is 1. The lowest BCUT2D eigenvalue weighted by atomic mass is 9.86. The van der Waals surface area contributed by atoms with E-state index in [1.54, 1.807) is 0 Å². The van der Waals surface area contributed by atoms with Gasteiger partial charge in [0.05, 0.1) is 0 Å². The molecule has 1 aromatic rings. The van der Waals surface area contributed by atoms with Gasteiger partial charge in [-0.05, 0) is 24.8 Å². The monoisotopic (exact) mass is 229 g/mol. The fraction of sp³-hybridized carbons (Fsp3) is 0.400. The molecule has 0 amide bonds. The molecule has 0 aromatic heterocycles. The topological polar surface area (TPSA) is 29.1 Å². The average Bonchev–Trinajstić information content (AvgIpc) is 2.36. The van der Waals surface area contributed by atoms with E-state index in [0.717, 1.165) is 31.4 Å². The van der Waals surface area contributed by atoms with Gasteiger partial charge in [-0.3, -0.25) is 4.79 Å². The first-order valence-corrected chi connectivity index (χ1v) is 6.28. The Hall–Kier alpha value is -1.57. The number of nitrogens with one attached hydrogen (secondary N) is 1. The standard InChI is InChI=1S/C15H19NO/c1-12-6-5-9-14(15(12)17)11-16-10-13-7-3-2-4-8-13/h2-4,7-8,11-12,16H,5-6,9-10H2,1H3/b14-11-/t12-/m1/s1. The SMILES string of the molecule is C[C@@H]1CCC/C(=C/NCc2ccccc2)C1=O. The van der Waals surface area contributed by atoms with Crippen LogP contribution in [-0.2, 0) is 11.3 Å². The van der Waals surface area contributed by atoms with Crippen molar-refractivity contribution < 1.29 is 4.79 Å². The highest BCUT2D eigenvalue weighted by atomic mass is 16.1. The quantitative estimate of drug-likeness (QED) is 0.807. The van der Waals surface area contributed by atoms with Gasteiger partial charge < -0.3 is 5.32 Å². The zero-order chi connectivity index (χ0) is 12.1. The lowest BCUT2D eigenvalue weighted by molar-refractivity contribution is -0.119. The molecular formula is C15H19NO. The van der Waals surface area contributed by atoms with Gasteiger partial charge in [-0.1, -0.05) is 37.3 Å². The molecule has 1 fully saturated rings. The minimum atomic E-state index is 0.202. The molecule has 0 unspecified atom stereocenters. The Morgan fingerprint density at radius 3 is 2.88 bits per heavy atom. The van der Waals surface area contributed by atoms with Gasteiger partial charge in [0, 0.05) is 24.2 Å². The Balaban J connectivity index is 1.90. The van der Waals surface area contributed by atoms with Crippen LogP contribution in [0.3, 0.4) is 0 Å². The molecule has 1 atom stereocenters. The van der Waals surface area contributed by atoms with E-state index in [9.17, 15) is 4.79 Å². The summed E-state index contributed by atoms with van der Waals surface area (Å²) < 4.78 is 0. The summed E-state index contributed by atoms with van der Waals surface area (Å²) in [5, 5.41) is 3.24. The van der Waals surface area contributed by atoms with Crippen molar-refractivity contribution in [3.8, 4) is 0 Å². The summed E-state index contributed by atoms with van der Waals surface area (Å²) in [7, 11) is 0. The molecule has 0 aliphatic heterocycles. The van der Waals surface area contributed by atoms with Crippen LogP contribution in [0.5, 0.6) is 0 Å². The van der Waals surface area contributed by atoms with Crippen molar-refractivity contribution in [1.82, 2.24) is 5.32 Å². The first kappa shape index (κ1) is 11.9. The summed E-state index contributed by atoms with van der Waals surface area (Å²) in [5.74, 6) is 0.519. The van der Waals surface area contributed by atoms with E-state index >= 15 is 0 Å². The molecule has 1 aliphatic rings. The van der Waals surface area contributed by atoms with Crippen molar-refractivity contribution in [2.45, 2.75) is 32.7 Å². The van der Waals surface area contributed by atoms with Crippen LogP contribution in [0.25, 0.3) is 0 Å². The third-order valence-electron chi connectivity index (χ3n) is 3.27. The van der Waals surface area contributed by atoms with Crippen molar-refractivity contribution in [2.24, 2.45) is 5.92 Å². The van der Waals surface area contributed by atoms with Crippen LogP contribution >= 0.6 is 0 Å². The highest BCUT2D eigenvalue weighted by molar-refractivity contribution is 5.97.